The fourth-order valence-electron chi connectivity index (χ4n) is 3.08. The van der Waals surface area contributed by atoms with Crippen molar-refractivity contribution in [1.82, 2.24) is 4.98 Å². The minimum Gasteiger partial charge on any atom is -0.461 e. The van der Waals surface area contributed by atoms with E-state index in [1.54, 1.807) is 42.5 Å². The van der Waals surface area contributed by atoms with E-state index in [1.165, 1.54) is 24.6 Å². The molecule has 0 aliphatic rings. The average molecular weight is 367 g/mol. The summed E-state index contributed by atoms with van der Waals surface area (Å²) >= 11 is 0. The van der Waals surface area contributed by atoms with Crippen LogP contribution in [0.15, 0.2) is 77.5 Å². The van der Waals surface area contributed by atoms with Crippen molar-refractivity contribution in [2.24, 2.45) is 0 Å². The van der Waals surface area contributed by atoms with Crippen LogP contribution < -0.4 is 0 Å². The number of benzene rings is 2. The molecule has 0 spiro atoms. The maximum atomic E-state index is 13.4. The second-order valence-electron chi connectivity index (χ2n) is 5.92. The van der Waals surface area contributed by atoms with Crippen LogP contribution in [0.1, 0.15) is 21.7 Å². The molecule has 2 heterocycles. The Hall–Kier alpha value is -3.41. The topological polar surface area (TPSA) is 43.1 Å². The number of carbonyl (C=O) groups is 1. The Balaban J connectivity index is 2.07. The molecular weight excluding hydrogens is 355 g/mol. The number of nitrogens with zero attached hydrogens (tertiary/aromatic N) is 1. The summed E-state index contributed by atoms with van der Waals surface area (Å²) in [7, 11) is 0. The van der Waals surface area contributed by atoms with Crippen molar-refractivity contribution in [3.05, 3.63) is 90.0 Å². The fraction of sp³-hybridized carbons (Fsp3) is 0.0476. The summed E-state index contributed by atoms with van der Waals surface area (Å²) < 4.78 is 45.4. The van der Waals surface area contributed by atoms with Gasteiger partial charge in [-0.2, -0.15) is 13.2 Å². The molecule has 0 radical (unpaired) electrons. The molecule has 0 unspecified atom stereocenters. The van der Waals surface area contributed by atoms with E-state index in [9.17, 15) is 18.0 Å². The molecule has 0 N–H and O–H groups in total. The van der Waals surface area contributed by atoms with Gasteiger partial charge in [0.25, 0.3) is 0 Å². The Labute approximate surface area is 152 Å². The van der Waals surface area contributed by atoms with Crippen LogP contribution in [0.2, 0.25) is 0 Å². The highest BCUT2D eigenvalue weighted by atomic mass is 19.4. The Morgan fingerprint density at radius 2 is 1.70 bits per heavy atom. The van der Waals surface area contributed by atoms with Crippen molar-refractivity contribution in [2.75, 3.05) is 0 Å². The Kier molecular flexibility index (Phi) is 4.03. The second kappa shape index (κ2) is 6.39. The van der Waals surface area contributed by atoms with E-state index in [0.717, 1.165) is 6.07 Å². The molecule has 27 heavy (non-hydrogen) atoms. The smallest absolute Gasteiger partial charge is 0.418 e. The number of halogens is 3. The highest BCUT2D eigenvalue weighted by molar-refractivity contribution is 6.15. The van der Waals surface area contributed by atoms with Crippen LogP contribution in [0.5, 0.6) is 0 Å². The summed E-state index contributed by atoms with van der Waals surface area (Å²) in [6, 6.07) is 15.7. The zero-order valence-corrected chi connectivity index (χ0v) is 13.8. The van der Waals surface area contributed by atoms with Crippen molar-refractivity contribution >= 4 is 16.7 Å². The average Bonchev–Trinajstić information content (AvgIpc) is 3.20. The first-order valence-electron chi connectivity index (χ1n) is 8.09. The normalized spacial score (nSPS) is 11.7. The van der Waals surface area contributed by atoms with E-state index in [1.807, 2.05) is 0 Å². The Morgan fingerprint density at radius 1 is 0.926 bits per heavy atom. The van der Waals surface area contributed by atoms with Crippen LogP contribution >= 0.6 is 0 Å². The molecule has 0 amide bonds. The van der Waals surface area contributed by atoms with Crippen LogP contribution in [0, 0.1) is 0 Å². The van der Waals surface area contributed by atoms with Gasteiger partial charge in [-0.15, -0.1) is 0 Å². The highest BCUT2D eigenvalue weighted by Gasteiger charge is 2.34. The molecule has 134 valence electrons. The van der Waals surface area contributed by atoms with Crippen molar-refractivity contribution < 1.29 is 22.4 Å². The molecule has 0 fully saturated rings. The molecule has 4 rings (SSSR count). The van der Waals surface area contributed by atoms with E-state index in [4.69, 9.17) is 4.42 Å². The van der Waals surface area contributed by atoms with Gasteiger partial charge in [-0.3, -0.25) is 9.78 Å². The number of alkyl halides is 3. The van der Waals surface area contributed by atoms with Crippen LogP contribution in [0.25, 0.3) is 22.0 Å². The lowest BCUT2D eigenvalue weighted by Crippen LogP contribution is -2.09. The summed E-state index contributed by atoms with van der Waals surface area (Å²) in [6.45, 7) is 0. The summed E-state index contributed by atoms with van der Waals surface area (Å²) in [5.41, 5.74) is 0.171. The maximum absolute atomic E-state index is 13.4. The molecule has 0 aliphatic heterocycles. The second-order valence-corrected chi connectivity index (χ2v) is 5.92. The first-order chi connectivity index (χ1) is 13.0. The van der Waals surface area contributed by atoms with Gasteiger partial charge >= 0.3 is 6.18 Å². The quantitative estimate of drug-likeness (QED) is 0.433. The third kappa shape index (κ3) is 2.99. The third-order valence-electron chi connectivity index (χ3n) is 4.25. The van der Waals surface area contributed by atoms with E-state index >= 15 is 0 Å². The van der Waals surface area contributed by atoms with Crippen LogP contribution in [-0.4, -0.2) is 10.8 Å². The van der Waals surface area contributed by atoms with Crippen LogP contribution in [0.3, 0.4) is 0 Å². The monoisotopic (exact) mass is 367 g/mol. The minimum absolute atomic E-state index is 0.0975. The number of rotatable bonds is 3. The van der Waals surface area contributed by atoms with E-state index in [-0.39, 0.29) is 22.2 Å². The van der Waals surface area contributed by atoms with Crippen molar-refractivity contribution in [3.8, 4) is 11.1 Å². The van der Waals surface area contributed by atoms with Gasteiger partial charge in [0.15, 0.2) is 5.76 Å². The largest absolute Gasteiger partial charge is 0.461 e. The van der Waals surface area contributed by atoms with Crippen molar-refractivity contribution in [2.45, 2.75) is 6.18 Å². The number of carbonyl (C=O) groups excluding carboxylic acids is 1. The number of hydrogen-bond acceptors (Lipinski definition) is 3. The number of hydrogen-bond donors (Lipinski definition) is 0. The lowest BCUT2D eigenvalue weighted by molar-refractivity contribution is -0.136. The van der Waals surface area contributed by atoms with Gasteiger partial charge in [0.05, 0.1) is 22.9 Å². The number of pyridine rings is 1. The van der Waals surface area contributed by atoms with Gasteiger partial charge in [0.1, 0.15) is 0 Å². The predicted molar refractivity (Wildman–Crippen MR) is 94.3 cm³/mol. The summed E-state index contributed by atoms with van der Waals surface area (Å²) in [5.74, 6) is -0.342. The number of ketones is 1. The number of furan rings is 1. The maximum Gasteiger partial charge on any atom is 0.418 e. The molecule has 0 saturated heterocycles. The molecule has 6 heteroatoms. The molecule has 2 aromatic heterocycles. The third-order valence-corrected chi connectivity index (χ3v) is 4.25. The fourth-order valence-corrected chi connectivity index (χ4v) is 3.08. The van der Waals surface area contributed by atoms with Gasteiger partial charge < -0.3 is 4.42 Å². The van der Waals surface area contributed by atoms with Crippen LogP contribution in [0.4, 0.5) is 13.2 Å². The standard InChI is InChI=1S/C21H12F3NO2/c22-21(23,24)16-9-4-8-14-18(13-6-2-1-3-7-13)15(12-25-19(14)16)20(26)17-10-5-11-27-17/h1-12H. The Bertz CT molecular complexity index is 1120. The first kappa shape index (κ1) is 17.0. The van der Waals surface area contributed by atoms with Gasteiger partial charge in [-0.1, -0.05) is 42.5 Å². The molecule has 0 bridgehead atoms. The first-order valence-corrected chi connectivity index (χ1v) is 8.09. The molecule has 0 aliphatic carbocycles. The van der Waals surface area contributed by atoms with Gasteiger partial charge in [-0.05, 0) is 23.8 Å². The predicted octanol–water partition coefficient (Wildman–Crippen LogP) is 5.74. The zero-order chi connectivity index (χ0) is 19.0. The lowest BCUT2D eigenvalue weighted by atomic mass is 9.92. The molecule has 0 saturated carbocycles. The van der Waals surface area contributed by atoms with E-state index in [0.29, 0.717) is 11.1 Å². The minimum atomic E-state index is -4.55. The van der Waals surface area contributed by atoms with Crippen LogP contribution in [-0.2, 0) is 6.18 Å². The lowest BCUT2D eigenvalue weighted by Gasteiger charge is -2.15. The molecule has 3 nitrogen and oxygen atoms in total. The highest BCUT2D eigenvalue weighted by Crippen LogP contribution is 2.38. The number of aromatic nitrogens is 1. The Morgan fingerprint density at radius 3 is 2.37 bits per heavy atom. The van der Waals surface area contributed by atoms with Gasteiger partial charge in [-0.25, -0.2) is 0 Å². The number of fused-ring (bicyclic) bond motifs is 1. The van der Waals surface area contributed by atoms with Gasteiger partial charge in [0, 0.05) is 17.1 Å². The molecular formula is C21H12F3NO2. The van der Waals surface area contributed by atoms with E-state index < -0.39 is 17.5 Å². The number of para-hydroxylation sites is 1. The van der Waals surface area contributed by atoms with Gasteiger partial charge in [0.2, 0.25) is 5.78 Å². The summed E-state index contributed by atoms with van der Waals surface area (Å²) in [4.78, 5) is 16.9. The van der Waals surface area contributed by atoms with E-state index in [2.05, 4.69) is 4.98 Å². The molecule has 4 aromatic rings. The summed E-state index contributed by atoms with van der Waals surface area (Å²) in [5, 5.41) is 0.258. The molecule has 0 atom stereocenters. The zero-order valence-electron chi connectivity index (χ0n) is 13.8. The molecule has 2 aromatic carbocycles. The SMILES string of the molecule is O=C(c1ccco1)c1cnc2c(C(F)(F)F)cccc2c1-c1ccccc1. The van der Waals surface area contributed by atoms with Crippen molar-refractivity contribution in [1.29, 1.82) is 0 Å². The van der Waals surface area contributed by atoms with Crippen molar-refractivity contribution in [3.63, 3.8) is 0 Å². The summed E-state index contributed by atoms with van der Waals surface area (Å²) in [6.07, 6.45) is -2.00.